The summed E-state index contributed by atoms with van der Waals surface area (Å²) in [4.78, 5) is 2.12. The van der Waals surface area contributed by atoms with Crippen LogP contribution in [0.15, 0.2) is 30.5 Å². The Kier molecular flexibility index (Phi) is 6.55. The van der Waals surface area contributed by atoms with E-state index in [1.54, 1.807) is 20.8 Å². The molecule has 29 heavy (non-hydrogen) atoms. The Labute approximate surface area is 175 Å². The smallest absolute Gasteiger partial charge is 0.216 e. The zero-order chi connectivity index (χ0) is 21.1. The van der Waals surface area contributed by atoms with Crippen LogP contribution in [0, 0.1) is 17.2 Å². The summed E-state index contributed by atoms with van der Waals surface area (Å²) in [5.74, 6) is 0.524. The van der Waals surface area contributed by atoms with Gasteiger partial charge in [0.25, 0.3) is 0 Å². The molecule has 1 aromatic carbocycles. The molecule has 158 valence electrons. The van der Waals surface area contributed by atoms with Crippen LogP contribution in [0.4, 0.5) is 11.4 Å². The van der Waals surface area contributed by atoms with Crippen molar-refractivity contribution in [3.05, 3.63) is 36.0 Å². The van der Waals surface area contributed by atoms with Crippen molar-refractivity contribution < 1.29 is 8.42 Å². The molecular weight excluding hydrogens is 384 g/mol. The van der Waals surface area contributed by atoms with Crippen LogP contribution in [-0.4, -0.2) is 32.3 Å². The van der Waals surface area contributed by atoms with E-state index in [1.165, 1.54) is 0 Å². The molecule has 0 saturated heterocycles. The first-order valence-corrected chi connectivity index (χ1v) is 11.9. The number of benzene rings is 1. The van der Waals surface area contributed by atoms with Gasteiger partial charge in [-0.1, -0.05) is 6.08 Å². The van der Waals surface area contributed by atoms with Gasteiger partial charge in [0.15, 0.2) is 0 Å². The van der Waals surface area contributed by atoms with Crippen LogP contribution >= 0.6 is 0 Å². The maximum Gasteiger partial charge on any atom is 0.216 e. The van der Waals surface area contributed by atoms with Gasteiger partial charge in [-0.3, -0.25) is 0 Å². The number of nitrogens with zero attached hydrogens (tertiary/aromatic N) is 2. The number of rotatable bonds is 6. The molecule has 0 radical (unpaired) electrons. The van der Waals surface area contributed by atoms with Crippen LogP contribution in [0.25, 0.3) is 0 Å². The van der Waals surface area contributed by atoms with Crippen molar-refractivity contribution in [3.8, 4) is 6.07 Å². The minimum absolute atomic E-state index is 0.0407. The number of nitriles is 1. The Balaban J connectivity index is 1.53. The van der Waals surface area contributed by atoms with Crippen LogP contribution < -0.4 is 14.9 Å². The van der Waals surface area contributed by atoms with Gasteiger partial charge in [-0.05, 0) is 77.0 Å². The van der Waals surface area contributed by atoms with Crippen molar-refractivity contribution in [2.24, 2.45) is 5.92 Å². The third-order valence-electron chi connectivity index (χ3n) is 5.82. The van der Waals surface area contributed by atoms with Crippen LogP contribution in [0.3, 0.4) is 0 Å². The summed E-state index contributed by atoms with van der Waals surface area (Å²) in [6, 6.07) is 8.21. The lowest BCUT2D eigenvalue weighted by Gasteiger charge is -2.31. The van der Waals surface area contributed by atoms with E-state index >= 15 is 0 Å². The van der Waals surface area contributed by atoms with E-state index in [0.29, 0.717) is 11.5 Å². The SMILES string of the molecule is CC(C)(C)S(=O)(=O)NC1CCC(CNc2ccc(C#N)c(N3C=CCC3)c2)CC1. The van der Waals surface area contributed by atoms with Gasteiger partial charge < -0.3 is 10.2 Å². The van der Waals surface area contributed by atoms with Gasteiger partial charge in [-0.15, -0.1) is 0 Å². The topological polar surface area (TPSA) is 85.2 Å². The third-order valence-corrected chi connectivity index (χ3v) is 8.08. The normalized spacial score (nSPS) is 22.5. The fourth-order valence-corrected chi connectivity index (χ4v) is 4.84. The standard InChI is InChI=1S/C22H32N4O2S/c1-22(2,3)29(27,28)25-19-9-6-17(7-10-19)16-24-20-11-8-18(15-23)21(14-20)26-12-4-5-13-26/h4,8,11-12,14,17,19,24-25H,5-7,9-10,13,16H2,1-3H3. The van der Waals surface area contributed by atoms with E-state index in [4.69, 9.17) is 0 Å². The molecule has 0 bridgehead atoms. The molecule has 3 rings (SSSR count). The van der Waals surface area contributed by atoms with Crippen LogP contribution in [0.2, 0.25) is 0 Å². The second-order valence-corrected chi connectivity index (χ2v) is 11.5. The molecule has 0 atom stereocenters. The monoisotopic (exact) mass is 416 g/mol. The highest BCUT2D eigenvalue weighted by Crippen LogP contribution is 2.29. The Hall–Kier alpha value is -2.04. The van der Waals surface area contributed by atoms with Crippen LogP contribution in [-0.2, 0) is 10.0 Å². The van der Waals surface area contributed by atoms with Crippen molar-refractivity contribution >= 4 is 21.4 Å². The maximum absolute atomic E-state index is 12.4. The van der Waals surface area contributed by atoms with Crippen molar-refractivity contribution in [2.75, 3.05) is 23.3 Å². The molecule has 1 saturated carbocycles. The molecular formula is C22H32N4O2S. The first-order chi connectivity index (χ1) is 13.7. The fourth-order valence-electron chi connectivity index (χ4n) is 3.81. The lowest BCUT2D eigenvalue weighted by Crippen LogP contribution is -2.46. The highest BCUT2D eigenvalue weighted by Gasteiger charge is 2.32. The minimum Gasteiger partial charge on any atom is -0.385 e. The Bertz CT molecular complexity index is 888. The van der Waals surface area contributed by atoms with E-state index in [9.17, 15) is 13.7 Å². The Morgan fingerprint density at radius 3 is 2.52 bits per heavy atom. The third kappa shape index (κ3) is 5.31. The minimum atomic E-state index is -3.29. The molecule has 0 aromatic heterocycles. The largest absolute Gasteiger partial charge is 0.385 e. The van der Waals surface area contributed by atoms with Gasteiger partial charge in [-0.25, -0.2) is 13.1 Å². The van der Waals surface area contributed by atoms with E-state index in [-0.39, 0.29) is 6.04 Å². The number of hydrogen-bond donors (Lipinski definition) is 2. The summed E-state index contributed by atoms with van der Waals surface area (Å²) >= 11 is 0. The zero-order valence-electron chi connectivity index (χ0n) is 17.6. The summed E-state index contributed by atoms with van der Waals surface area (Å²) in [6.45, 7) is 6.96. The second-order valence-electron chi connectivity index (χ2n) is 9.04. The first-order valence-electron chi connectivity index (χ1n) is 10.4. The van der Waals surface area contributed by atoms with Gasteiger partial charge in [0, 0.05) is 31.0 Å². The van der Waals surface area contributed by atoms with Gasteiger partial charge in [0.1, 0.15) is 6.07 Å². The Morgan fingerprint density at radius 1 is 1.21 bits per heavy atom. The van der Waals surface area contributed by atoms with E-state index in [0.717, 1.165) is 56.6 Å². The van der Waals surface area contributed by atoms with Crippen molar-refractivity contribution in [3.63, 3.8) is 0 Å². The summed E-state index contributed by atoms with van der Waals surface area (Å²) in [5, 5.41) is 12.9. The molecule has 1 fully saturated rings. The molecule has 1 aliphatic heterocycles. The molecule has 2 aliphatic rings. The zero-order valence-corrected chi connectivity index (χ0v) is 18.4. The lowest BCUT2D eigenvalue weighted by molar-refractivity contribution is 0.322. The molecule has 1 heterocycles. The van der Waals surface area contributed by atoms with E-state index < -0.39 is 14.8 Å². The Morgan fingerprint density at radius 2 is 1.93 bits per heavy atom. The summed E-state index contributed by atoms with van der Waals surface area (Å²) < 4.78 is 26.8. The van der Waals surface area contributed by atoms with Gasteiger partial charge in [-0.2, -0.15) is 5.26 Å². The molecule has 7 heteroatoms. The van der Waals surface area contributed by atoms with Crippen molar-refractivity contribution in [1.29, 1.82) is 5.26 Å². The predicted molar refractivity (Wildman–Crippen MR) is 118 cm³/mol. The summed E-state index contributed by atoms with van der Waals surface area (Å²) in [5.41, 5.74) is 2.66. The fraction of sp³-hybridized carbons (Fsp3) is 0.591. The average Bonchev–Trinajstić information content (AvgIpc) is 3.21. The van der Waals surface area contributed by atoms with E-state index in [1.807, 2.05) is 18.3 Å². The molecule has 0 unspecified atom stereocenters. The molecule has 0 spiro atoms. The first kappa shape index (κ1) is 21.7. The van der Waals surface area contributed by atoms with Crippen molar-refractivity contribution in [2.45, 2.75) is 63.7 Å². The highest BCUT2D eigenvalue weighted by molar-refractivity contribution is 7.90. The van der Waals surface area contributed by atoms with Crippen molar-refractivity contribution in [1.82, 2.24) is 4.72 Å². The summed E-state index contributed by atoms with van der Waals surface area (Å²) in [6.07, 6.45) is 8.92. The molecule has 1 aliphatic carbocycles. The molecule has 1 aromatic rings. The number of nitrogens with one attached hydrogen (secondary N) is 2. The van der Waals surface area contributed by atoms with Gasteiger partial charge in [0.05, 0.1) is 16.0 Å². The van der Waals surface area contributed by atoms with Gasteiger partial charge >= 0.3 is 0 Å². The lowest BCUT2D eigenvalue weighted by atomic mass is 9.86. The number of sulfonamides is 1. The molecule has 2 N–H and O–H groups in total. The van der Waals surface area contributed by atoms with Gasteiger partial charge in [0.2, 0.25) is 10.0 Å². The molecule has 6 nitrogen and oxygen atoms in total. The molecule has 0 amide bonds. The maximum atomic E-state index is 12.4. The predicted octanol–water partition coefficient (Wildman–Crippen LogP) is 3.97. The van der Waals surface area contributed by atoms with Crippen LogP contribution in [0.1, 0.15) is 58.4 Å². The summed E-state index contributed by atoms with van der Waals surface area (Å²) in [7, 11) is -3.29. The number of anilines is 2. The average molecular weight is 417 g/mol. The van der Waals surface area contributed by atoms with Crippen LogP contribution in [0.5, 0.6) is 0 Å². The van der Waals surface area contributed by atoms with E-state index in [2.05, 4.69) is 33.2 Å². The highest BCUT2D eigenvalue weighted by atomic mass is 32.2. The quantitative estimate of drug-likeness (QED) is 0.733. The number of hydrogen-bond acceptors (Lipinski definition) is 5. The second kappa shape index (κ2) is 8.76.